The molecule has 3 rings (SSSR count). The topological polar surface area (TPSA) is 12.2 Å². The molecule has 1 heterocycles. The monoisotopic (exact) mass is 401 g/mol. The number of methoxy groups -OCH3 is 1. The van der Waals surface area contributed by atoms with Gasteiger partial charge in [0.2, 0.25) is 0 Å². The summed E-state index contributed by atoms with van der Waals surface area (Å²) in [5, 5.41) is 0. The van der Waals surface area contributed by atoms with Gasteiger partial charge in [0.15, 0.2) is 0 Å². The van der Waals surface area contributed by atoms with E-state index < -0.39 is 7.25 Å². The molecule has 1 saturated carbocycles. The standard InChI is InChI=1S/C21H32NO.BF4/c1-4-7-19-16-22(15-17-10-11-17)13-12-21(19,5-2)18-8-6-9-20(14-18)23-3;2-1(3,4)5/h6,8-9,13-14,17,19H,4-5,7,10-12,15-16H2,1-3H3;/q+1;-1. The van der Waals surface area contributed by atoms with Gasteiger partial charge in [0.1, 0.15) is 25.1 Å². The first kappa shape index (κ1) is 22.8. The summed E-state index contributed by atoms with van der Waals surface area (Å²) in [6, 6.07) is 8.81. The number of ether oxygens (including phenoxy) is 1. The molecular weight excluding hydrogens is 369 g/mol. The number of halogens is 4. The number of hydrogen-bond donors (Lipinski definition) is 0. The second-order valence-electron chi connectivity index (χ2n) is 8.01. The molecule has 1 aliphatic heterocycles. The van der Waals surface area contributed by atoms with Gasteiger partial charge in [-0.3, -0.25) is 0 Å². The van der Waals surface area contributed by atoms with Crippen molar-refractivity contribution in [1.82, 2.24) is 0 Å². The van der Waals surface area contributed by atoms with Crippen LogP contribution >= 0.6 is 0 Å². The Balaban J connectivity index is 0.000000500. The molecule has 2 atom stereocenters. The highest BCUT2D eigenvalue weighted by Gasteiger charge is 2.44. The first-order valence-corrected chi connectivity index (χ1v) is 10.3. The molecule has 0 bridgehead atoms. The Morgan fingerprint density at radius 3 is 2.39 bits per heavy atom. The third kappa shape index (κ3) is 6.52. The van der Waals surface area contributed by atoms with E-state index in [1.807, 2.05) is 0 Å². The molecule has 0 spiro atoms. The van der Waals surface area contributed by atoms with Crippen LogP contribution in [0.15, 0.2) is 24.3 Å². The van der Waals surface area contributed by atoms with Crippen LogP contribution in [0.1, 0.15) is 57.9 Å². The lowest BCUT2D eigenvalue weighted by Gasteiger charge is -2.41. The number of nitrogens with zero attached hydrogens (tertiary/aromatic N) is 1. The van der Waals surface area contributed by atoms with Crippen LogP contribution in [0.3, 0.4) is 0 Å². The summed E-state index contributed by atoms with van der Waals surface area (Å²) in [6.07, 6.45) is 10.4. The van der Waals surface area contributed by atoms with Crippen LogP contribution in [-0.2, 0) is 5.41 Å². The molecule has 158 valence electrons. The average Bonchev–Trinajstić information content (AvgIpc) is 3.45. The Labute approximate surface area is 166 Å². The summed E-state index contributed by atoms with van der Waals surface area (Å²) < 4.78 is 47.1. The van der Waals surface area contributed by atoms with Crippen molar-refractivity contribution in [2.24, 2.45) is 11.8 Å². The Morgan fingerprint density at radius 1 is 1.18 bits per heavy atom. The zero-order valence-corrected chi connectivity index (χ0v) is 17.1. The minimum absolute atomic E-state index is 0.282. The van der Waals surface area contributed by atoms with E-state index in [1.54, 1.807) is 7.11 Å². The molecule has 0 saturated heterocycles. The van der Waals surface area contributed by atoms with Gasteiger partial charge in [-0.25, -0.2) is 4.58 Å². The van der Waals surface area contributed by atoms with Crippen LogP contribution in [0.2, 0.25) is 0 Å². The van der Waals surface area contributed by atoms with Crippen molar-refractivity contribution < 1.29 is 26.6 Å². The van der Waals surface area contributed by atoms with Crippen LogP contribution < -0.4 is 4.74 Å². The normalized spacial score (nSPS) is 24.8. The third-order valence-electron chi connectivity index (χ3n) is 6.05. The molecule has 1 aliphatic carbocycles. The Morgan fingerprint density at radius 2 is 1.86 bits per heavy atom. The lowest BCUT2D eigenvalue weighted by atomic mass is 9.63. The van der Waals surface area contributed by atoms with Gasteiger partial charge >= 0.3 is 7.25 Å². The van der Waals surface area contributed by atoms with Crippen molar-refractivity contribution >= 4 is 13.5 Å². The van der Waals surface area contributed by atoms with Crippen molar-refractivity contribution in [2.45, 2.75) is 57.8 Å². The van der Waals surface area contributed by atoms with E-state index in [0.717, 1.165) is 17.6 Å². The highest BCUT2D eigenvalue weighted by atomic mass is 19.5. The van der Waals surface area contributed by atoms with Crippen LogP contribution in [0.25, 0.3) is 0 Å². The smallest absolute Gasteiger partial charge is 0.497 e. The van der Waals surface area contributed by atoms with Gasteiger partial charge in [-0.05, 0) is 43.4 Å². The van der Waals surface area contributed by atoms with Gasteiger partial charge < -0.3 is 22.0 Å². The van der Waals surface area contributed by atoms with Gasteiger partial charge in [0.25, 0.3) is 0 Å². The second-order valence-corrected chi connectivity index (χ2v) is 8.01. The molecule has 2 aliphatic rings. The zero-order chi connectivity index (χ0) is 20.8. The molecule has 7 heteroatoms. The van der Waals surface area contributed by atoms with E-state index in [4.69, 9.17) is 4.74 Å². The summed E-state index contributed by atoms with van der Waals surface area (Å²) in [5.41, 5.74) is 1.75. The van der Waals surface area contributed by atoms with Crippen molar-refractivity contribution in [1.29, 1.82) is 0 Å². The average molecular weight is 401 g/mol. The van der Waals surface area contributed by atoms with E-state index >= 15 is 0 Å². The highest BCUT2D eigenvalue weighted by Crippen LogP contribution is 2.44. The van der Waals surface area contributed by atoms with Gasteiger partial charge in [-0.2, -0.15) is 0 Å². The Kier molecular flexibility index (Phi) is 7.96. The first-order valence-electron chi connectivity index (χ1n) is 10.3. The minimum atomic E-state index is -6.00. The molecule has 1 aromatic carbocycles. The molecule has 0 aromatic heterocycles. The SMILES string of the molecule is CCCC1C[N+](CC2CC2)=CCC1(CC)c1cccc(OC)c1.F[B-](F)(F)F. The fourth-order valence-corrected chi connectivity index (χ4v) is 4.41. The van der Waals surface area contributed by atoms with Crippen LogP contribution in [0, 0.1) is 11.8 Å². The molecular formula is C21H32BF4NO. The minimum Gasteiger partial charge on any atom is -0.497 e. The maximum atomic E-state index is 9.75. The Hall–Kier alpha value is -1.53. The molecule has 1 fully saturated rings. The summed E-state index contributed by atoms with van der Waals surface area (Å²) in [4.78, 5) is 0. The largest absolute Gasteiger partial charge is 0.673 e. The van der Waals surface area contributed by atoms with Crippen LogP contribution in [0.4, 0.5) is 17.3 Å². The van der Waals surface area contributed by atoms with Crippen molar-refractivity contribution in [3.05, 3.63) is 29.8 Å². The summed E-state index contributed by atoms with van der Waals surface area (Å²) in [5.74, 6) is 2.71. The van der Waals surface area contributed by atoms with E-state index in [-0.39, 0.29) is 5.41 Å². The van der Waals surface area contributed by atoms with Crippen molar-refractivity contribution in [3.8, 4) is 5.75 Å². The summed E-state index contributed by atoms with van der Waals surface area (Å²) >= 11 is 0. The maximum absolute atomic E-state index is 9.75. The lowest BCUT2D eigenvalue weighted by Crippen LogP contribution is -2.45. The van der Waals surface area contributed by atoms with Crippen molar-refractivity contribution in [3.63, 3.8) is 0 Å². The Bertz CT molecular complexity index is 654. The molecule has 28 heavy (non-hydrogen) atoms. The molecule has 0 N–H and O–H groups in total. The predicted octanol–water partition coefficient (Wildman–Crippen LogP) is 5.96. The molecule has 2 nitrogen and oxygen atoms in total. The third-order valence-corrected chi connectivity index (χ3v) is 6.05. The summed E-state index contributed by atoms with van der Waals surface area (Å²) in [6.45, 7) is 7.22. The number of hydrogen-bond acceptors (Lipinski definition) is 1. The fourth-order valence-electron chi connectivity index (χ4n) is 4.41. The lowest BCUT2D eigenvalue weighted by molar-refractivity contribution is -0.542. The number of benzene rings is 1. The van der Waals surface area contributed by atoms with Gasteiger partial charge in [-0.1, -0.05) is 32.4 Å². The highest BCUT2D eigenvalue weighted by molar-refractivity contribution is 6.50. The predicted molar refractivity (Wildman–Crippen MR) is 107 cm³/mol. The second kappa shape index (κ2) is 9.79. The van der Waals surface area contributed by atoms with Gasteiger partial charge in [0.05, 0.1) is 7.11 Å². The summed E-state index contributed by atoms with van der Waals surface area (Å²) in [7, 11) is -4.23. The van der Waals surface area contributed by atoms with Gasteiger partial charge in [-0.15, -0.1) is 0 Å². The van der Waals surface area contributed by atoms with Crippen LogP contribution in [0.5, 0.6) is 5.75 Å². The quantitative estimate of drug-likeness (QED) is 0.312. The molecule has 1 aromatic rings. The maximum Gasteiger partial charge on any atom is 0.673 e. The molecule has 0 amide bonds. The van der Waals surface area contributed by atoms with Crippen LogP contribution in [-0.4, -0.2) is 38.2 Å². The first-order chi connectivity index (χ1) is 13.2. The molecule has 0 radical (unpaired) electrons. The number of rotatable bonds is 7. The van der Waals surface area contributed by atoms with E-state index in [2.05, 4.69) is 48.9 Å². The zero-order valence-electron chi connectivity index (χ0n) is 17.1. The van der Waals surface area contributed by atoms with Gasteiger partial charge in [0, 0.05) is 23.7 Å². The fraction of sp³-hybridized carbons (Fsp3) is 0.667. The molecule has 2 unspecified atom stereocenters. The van der Waals surface area contributed by atoms with E-state index in [0.29, 0.717) is 0 Å². The van der Waals surface area contributed by atoms with Crippen molar-refractivity contribution in [2.75, 3.05) is 20.2 Å². The van der Waals surface area contributed by atoms with E-state index in [9.17, 15) is 17.3 Å². The van der Waals surface area contributed by atoms with E-state index in [1.165, 1.54) is 57.2 Å².